The van der Waals surface area contributed by atoms with Crippen LogP contribution in [-0.2, 0) is 17.8 Å². The molecule has 168 valence electrons. The Morgan fingerprint density at radius 3 is 2.81 bits per heavy atom. The third kappa shape index (κ3) is 4.17. The highest BCUT2D eigenvalue weighted by atomic mass is 32.1. The number of thiophene rings is 1. The number of esters is 1. The summed E-state index contributed by atoms with van der Waals surface area (Å²) in [5, 5.41) is 5.35. The SMILES string of the molecule is CC[C@H](C)Cc1c(C)sc2nc(COC(=O)c3cnc4onc(C(C)C)c4c3)[nH]c(=O)c12. The number of carbonyl (C=O) groups is 1. The minimum atomic E-state index is -0.558. The summed E-state index contributed by atoms with van der Waals surface area (Å²) >= 11 is 1.50. The second-order valence-electron chi connectivity index (χ2n) is 8.42. The summed E-state index contributed by atoms with van der Waals surface area (Å²) in [6.07, 6.45) is 3.28. The number of aromatic nitrogens is 4. The molecule has 0 aliphatic rings. The third-order valence-corrected chi connectivity index (χ3v) is 6.68. The largest absolute Gasteiger partial charge is 0.454 e. The van der Waals surface area contributed by atoms with E-state index in [1.807, 2.05) is 20.8 Å². The maximum Gasteiger partial charge on any atom is 0.340 e. The van der Waals surface area contributed by atoms with Crippen LogP contribution in [0.2, 0.25) is 0 Å². The van der Waals surface area contributed by atoms with Gasteiger partial charge in [0.25, 0.3) is 11.3 Å². The first-order valence-electron chi connectivity index (χ1n) is 10.7. The molecular formula is C23H26N4O4S. The van der Waals surface area contributed by atoms with Crippen molar-refractivity contribution < 1.29 is 14.1 Å². The Hall–Kier alpha value is -3.07. The summed E-state index contributed by atoms with van der Waals surface area (Å²) in [5.74, 6) is 0.371. The van der Waals surface area contributed by atoms with Crippen molar-refractivity contribution in [3.05, 3.63) is 50.1 Å². The Labute approximate surface area is 189 Å². The lowest BCUT2D eigenvalue weighted by molar-refractivity contribution is 0.0462. The zero-order valence-electron chi connectivity index (χ0n) is 18.8. The Morgan fingerprint density at radius 2 is 2.09 bits per heavy atom. The van der Waals surface area contributed by atoms with Gasteiger partial charge in [0.2, 0.25) is 0 Å². The van der Waals surface area contributed by atoms with Crippen LogP contribution in [0, 0.1) is 12.8 Å². The van der Waals surface area contributed by atoms with Gasteiger partial charge in [0.15, 0.2) is 0 Å². The minimum Gasteiger partial charge on any atom is -0.454 e. The molecule has 1 atom stereocenters. The van der Waals surface area contributed by atoms with Crippen LogP contribution in [0.5, 0.6) is 0 Å². The molecule has 4 aromatic heterocycles. The maximum atomic E-state index is 12.8. The van der Waals surface area contributed by atoms with Crippen molar-refractivity contribution in [2.24, 2.45) is 5.92 Å². The van der Waals surface area contributed by atoms with Gasteiger partial charge < -0.3 is 14.2 Å². The van der Waals surface area contributed by atoms with Gasteiger partial charge in [0, 0.05) is 11.1 Å². The van der Waals surface area contributed by atoms with E-state index in [-0.39, 0.29) is 23.6 Å². The maximum absolute atomic E-state index is 12.8. The number of carbonyl (C=O) groups excluding carboxylic acids is 1. The van der Waals surface area contributed by atoms with Crippen LogP contribution in [0.4, 0.5) is 0 Å². The number of aryl methyl sites for hydroxylation is 1. The first kappa shape index (κ1) is 22.1. The van der Waals surface area contributed by atoms with Crippen molar-refractivity contribution in [2.75, 3.05) is 0 Å². The van der Waals surface area contributed by atoms with Crippen molar-refractivity contribution in [2.45, 2.75) is 60.0 Å². The zero-order chi connectivity index (χ0) is 23.0. The number of nitrogens with zero attached hydrogens (tertiary/aromatic N) is 3. The predicted molar refractivity (Wildman–Crippen MR) is 123 cm³/mol. The number of hydrogen-bond acceptors (Lipinski definition) is 8. The summed E-state index contributed by atoms with van der Waals surface area (Å²) in [5.41, 5.74) is 2.26. The summed E-state index contributed by atoms with van der Waals surface area (Å²) in [4.78, 5) is 38.6. The first-order valence-corrected chi connectivity index (χ1v) is 11.5. The van der Waals surface area contributed by atoms with E-state index in [2.05, 4.69) is 34.0 Å². The molecule has 0 aliphatic heterocycles. The number of pyridine rings is 1. The van der Waals surface area contributed by atoms with Gasteiger partial charge in [0.1, 0.15) is 17.3 Å². The summed E-state index contributed by atoms with van der Waals surface area (Å²) in [7, 11) is 0. The van der Waals surface area contributed by atoms with Crippen molar-refractivity contribution in [3.8, 4) is 0 Å². The quantitative estimate of drug-likeness (QED) is 0.395. The molecule has 32 heavy (non-hydrogen) atoms. The molecule has 0 bridgehead atoms. The van der Waals surface area contributed by atoms with Crippen molar-refractivity contribution in [3.63, 3.8) is 0 Å². The Kier molecular flexibility index (Phi) is 6.10. The molecule has 8 nitrogen and oxygen atoms in total. The average molecular weight is 455 g/mol. The topological polar surface area (TPSA) is 111 Å². The van der Waals surface area contributed by atoms with Crippen LogP contribution in [0.3, 0.4) is 0 Å². The molecule has 0 amide bonds. The number of fused-ring (bicyclic) bond motifs is 2. The molecule has 0 radical (unpaired) electrons. The van der Waals surface area contributed by atoms with Crippen LogP contribution < -0.4 is 5.56 Å². The van der Waals surface area contributed by atoms with Crippen LogP contribution in [0.25, 0.3) is 21.3 Å². The fourth-order valence-corrected chi connectivity index (χ4v) is 4.69. The van der Waals surface area contributed by atoms with E-state index in [4.69, 9.17) is 9.26 Å². The predicted octanol–water partition coefficient (Wildman–Crippen LogP) is 4.90. The monoisotopic (exact) mass is 454 g/mol. The number of ether oxygens (including phenoxy) is 1. The Bertz CT molecular complexity index is 1350. The smallest absolute Gasteiger partial charge is 0.340 e. The lowest BCUT2D eigenvalue weighted by Crippen LogP contribution is -2.15. The van der Waals surface area contributed by atoms with Gasteiger partial charge in [-0.25, -0.2) is 14.8 Å². The second-order valence-corrected chi connectivity index (χ2v) is 9.63. The third-order valence-electron chi connectivity index (χ3n) is 5.64. The standard InChI is InChI=1S/C23H26N4O4S/c1-6-12(4)7-15-13(5)32-22-18(15)20(28)25-17(26-22)10-30-23(29)14-8-16-19(11(2)3)27-31-21(16)24-9-14/h8-9,11-12H,6-7,10H2,1-5H3,(H,25,26,28)/t12-/m0/s1. The summed E-state index contributed by atoms with van der Waals surface area (Å²) in [6, 6.07) is 1.67. The molecule has 0 aliphatic carbocycles. The molecule has 9 heteroatoms. The number of hydrogen-bond donors (Lipinski definition) is 1. The van der Waals surface area contributed by atoms with E-state index >= 15 is 0 Å². The van der Waals surface area contributed by atoms with Crippen LogP contribution >= 0.6 is 11.3 Å². The zero-order valence-corrected chi connectivity index (χ0v) is 19.6. The molecule has 1 N–H and O–H groups in total. The highest BCUT2D eigenvalue weighted by Crippen LogP contribution is 2.29. The average Bonchev–Trinajstić information content (AvgIpc) is 3.32. The van der Waals surface area contributed by atoms with Gasteiger partial charge in [-0.05, 0) is 36.8 Å². The molecule has 0 spiro atoms. The van der Waals surface area contributed by atoms with E-state index in [0.29, 0.717) is 33.1 Å². The second kappa shape index (κ2) is 8.82. The molecule has 0 saturated heterocycles. The lowest BCUT2D eigenvalue weighted by Gasteiger charge is -2.08. The van der Waals surface area contributed by atoms with Crippen molar-refractivity contribution in [1.29, 1.82) is 0 Å². The van der Waals surface area contributed by atoms with Crippen LogP contribution in [0.1, 0.15) is 72.4 Å². The first-order chi connectivity index (χ1) is 15.3. The van der Waals surface area contributed by atoms with E-state index in [0.717, 1.165) is 29.0 Å². The van der Waals surface area contributed by atoms with Gasteiger partial charge in [-0.15, -0.1) is 11.3 Å². The fraction of sp³-hybridized carbons (Fsp3) is 0.435. The van der Waals surface area contributed by atoms with Gasteiger partial charge in [-0.2, -0.15) is 0 Å². The lowest BCUT2D eigenvalue weighted by atomic mass is 9.98. The highest BCUT2D eigenvalue weighted by Gasteiger charge is 2.19. The molecule has 4 heterocycles. The summed E-state index contributed by atoms with van der Waals surface area (Å²) in [6.45, 7) is 10.2. The van der Waals surface area contributed by atoms with Gasteiger partial charge in [0.05, 0.1) is 22.0 Å². The summed E-state index contributed by atoms with van der Waals surface area (Å²) < 4.78 is 10.6. The van der Waals surface area contributed by atoms with E-state index in [9.17, 15) is 9.59 Å². The number of aromatic amines is 1. The van der Waals surface area contributed by atoms with E-state index in [1.54, 1.807) is 6.07 Å². The number of H-pyrrole nitrogens is 1. The molecule has 0 fully saturated rings. The molecular weight excluding hydrogens is 428 g/mol. The molecule has 0 aromatic carbocycles. The van der Waals surface area contributed by atoms with Gasteiger partial charge >= 0.3 is 5.97 Å². The van der Waals surface area contributed by atoms with Crippen LogP contribution in [-0.4, -0.2) is 26.1 Å². The van der Waals surface area contributed by atoms with Crippen LogP contribution in [0.15, 0.2) is 21.6 Å². The van der Waals surface area contributed by atoms with Crippen molar-refractivity contribution in [1.82, 2.24) is 20.1 Å². The van der Waals surface area contributed by atoms with Gasteiger partial charge in [-0.3, -0.25) is 4.79 Å². The molecule has 4 aromatic rings. The van der Waals surface area contributed by atoms with Gasteiger partial charge in [-0.1, -0.05) is 39.3 Å². The fourth-order valence-electron chi connectivity index (χ4n) is 3.62. The number of nitrogens with one attached hydrogen (secondary N) is 1. The minimum absolute atomic E-state index is 0.129. The molecule has 0 unspecified atom stereocenters. The normalized spacial score (nSPS) is 12.7. The van der Waals surface area contributed by atoms with E-state index in [1.165, 1.54) is 17.5 Å². The molecule has 0 saturated carbocycles. The van der Waals surface area contributed by atoms with E-state index < -0.39 is 5.97 Å². The Morgan fingerprint density at radius 1 is 1.31 bits per heavy atom. The highest BCUT2D eigenvalue weighted by molar-refractivity contribution is 7.18. The Balaban J connectivity index is 1.55. The van der Waals surface area contributed by atoms with Crippen molar-refractivity contribution >= 4 is 38.6 Å². The molecule has 4 rings (SSSR count). The number of rotatable bonds is 7.